The van der Waals surface area contributed by atoms with Crippen LogP contribution in [0.2, 0.25) is 0 Å². The number of rotatable bonds is 11. The van der Waals surface area contributed by atoms with Gasteiger partial charge in [-0.3, -0.25) is 9.89 Å². The fraction of sp³-hybridized carbons (Fsp3) is 0.467. The molecule has 10 heteroatoms. The zero-order valence-electron chi connectivity index (χ0n) is 14.1. The monoisotopic (exact) mass is 386 g/mol. The van der Waals surface area contributed by atoms with Gasteiger partial charge in [0.2, 0.25) is 0 Å². The lowest BCUT2D eigenvalue weighted by Crippen LogP contribution is -2.22. The number of carbonyl (C=O) groups excluding carboxylic acids is 2. The maximum atomic E-state index is 11.5. The lowest BCUT2D eigenvalue weighted by atomic mass is 10.5. The van der Waals surface area contributed by atoms with Gasteiger partial charge in [0.25, 0.3) is 0 Å². The van der Waals surface area contributed by atoms with Crippen LogP contribution in [0, 0.1) is 0 Å². The lowest BCUT2D eigenvalue weighted by molar-refractivity contribution is 0.124. The summed E-state index contributed by atoms with van der Waals surface area (Å²) >= 11 is 0. The summed E-state index contributed by atoms with van der Waals surface area (Å²) < 4.78 is 11.5. The largest absolute Gasteiger partial charge is 0.449 e. The van der Waals surface area contributed by atoms with Crippen molar-refractivity contribution in [3.63, 3.8) is 0 Å². The van der Waals surface area contributed by atoms with E-state index in [-0.39, 0.29) is 0 Å². The third kappa shape index (κ3) is 9.82. The van der Waals surface area contributed by atoms with E-state index in [1.807, 2.05) is 0 Å². The normalized spacial score (nSPS) is 10.6. The van der Waals surface area contributed by atoms with Crippen LogP contribution >= 0.6 is 21.6 Å². The summed E-state index contributed by atoms with van der Waals surface area (Å²) in [4.78, 5) is 31.6. The minimum atomic E-state index is -0.419. The Labute approximate surface area is 155 Å². The highest BCUT2D eigenvalue weighted by Gasteiger charge is 2.06. The van der Waals surface area contributed by atoms with Gasteiger partial charge in [0, 0.05) is 43.3 Å². The molecule has 0 aliphatic carbocycles. The van der Waals surface area contributed by atoms with Crippen molar-refractivity contribution >= 4 is 40.5 Å². The average molecular weight is 386 g/mol. The molecular weight excluding hydrogens is 364 g/mol. The first kappa shape index (κ1) is 21.1. The molecule has 0 fully saturated rings. The molecule has 8 nitrogen and oxygen atoms in total. The molecule has 1 heterocycles. The van der Waals surface area contributed by atoms with Gasteiger partial charge in [0.15, 0.2) is 0 Å². The predicted molar refractivity (Wildman–Crippen MR) is 101 cm³/mol. The molecule has 0 radical (unpaired) electrons. The van der Waals surface area contributed by atoms with Crippen molar-refractivity contribution in [1.29, 1.82) is 0 Å². The van der Waals surface area contributed by atoms with E-state index in [0.29, 0.717) is 13.2 Å². The van der Waals surface area contributed by atoms with E-state index in [0.717, 1.165) is 24.3 Å². The van der Waals surface area contributed by atoms with Gasteiger partial charge >= 0.3 is 12.2 Å². The molecule has 1 amide bonds. The summed E-state index contributed by atoms with van der Waals surface area (Å²) in [5.74, 6) is 1.75. The Bertz CT molecular complexity index is 552. The van der Waals surface area contributed by atoms with E-state index in [2.05, 4.69) is 16.7 Å². The molecule has 0 bridgehead atoms. The molecule has 0 aromatic carbocycles. The van der Waals surface area contributed by atoms with Crippen molar-refractivity contribution in [3.8, 4) is 0 Å². The maximum absolute atomic E-state index is 11.5. The first-order valence-electron chi connectivity index (χ1n) is 7.56. The molecule has 0 unspecified atom stereocenters. The SMILES string of the molecule is C=N/C=C\N(C)C(=O)OCCCSSCCCOC(=O)n1ccnc1. The Balaban J connectivity index is 1.90. The highest BCUT2D eigenvalue weighted by Crippen LogP contribution is 2.22. The Morgan fingerprint density at radius 1 is 1.28 bits per heavy atom. The van der Waals surface area contributed by atoms with Gasteiger partial charge in [-0.05, 0) is 19.6 Å². The second-order valence-electron chi connectivity index (χ2n) is 4.64. The van der Waals surface area contributed by atoms with Crippen molar-refractivity contribution in [1.82, 2.24) is 14.5 Å². The number of ether oxygens (including phenoxy) is 2. The Hall–Kier alpha value is -1.94. The second-order valence-corrected chi connectivity index (χ2v) is 7.34. The van der Waals surface area contributed by atoms with Crippen molar-refractivity contribution in [2.45, 2.75) is 12.8 Å². The molecule has 0 spiro atoms. The zero-order chi connectivity index (χ0) is 18.3. The average Bonchev–Trinajstić information content (AvgIpc) is 3.15. The van der Waals surface area contributed by atoms with E-state index in [1.165, 1.54) is 34.4 Å². The number of aliphatic imine (C=N–C) groups is 1. The fourth-order valence-electron chi connectivity index (χ4n) is 1.42. The van der Waals surface area contributed by atoms with E-state index in [4.69, 9.17) is 9.47 Å². The highest BCUT2D eigenvalue weighted by atomic mass is 33.1. The quantitative estimate of drug-likeness (QED) is 0.328. The minimum Gasteiger partial charge on any atom is -0.449 e. The van der Waals surface area contributed by atoms with Crippen molar-refractivity contribution in [3.05, 3.63) is 31.1 Å². The fourth-order valence-corrected chi connectivity index (χ4v) is 3.55. The standard InChI is InChI=1S/C15H22N4O4S2/c1-16-5-7-18(2)14(20)22-9-3-11-24-25-12-4-10-23-15(21)19-8-6-17-13-19/h5-8,13H,1,3-4,9-12H2,2H3/b7-5-. The summed E-state index contributed by atoms with van der Waals surface area (Å²) in [7, 11) is 5.00. The smallest absolute Gasteiger partial charge is 0.419 e. The molecule has 0 aliphatic heterocycles. The van der Waals surface area contributed by atoms with Crippen LogP contribution in [-0.2, 0) is 9.47 Å². The predicted octanol–water partition coefficient (Wildman–Crippen LogP) is 3.27. The number of carbonyl (C=O) groups is 2. The van der Waals surface area contributed by atoms with Gasteiger partial charge in [-0.15, -0.1) is 0 Å². The first-order chi connectivity index (χ1) is 12.1. The van der Waals surface area contributed by atoms with E-state index >= 15 is 0 Å². The molecule has 0 N–H and O–H groups in total. The highest BCUT2D eigenvalue weighted by molar-refractivity contribution is 8.76. The number of aromatic nitrogens is 2. The molecule has 0 aliphatic rings. The molecule has 0 atom stereocenters. The minimum absolute atomic E-state index is 0.370. The Morgan fingerprint density at radius 3 is 2.56 bits per heavy atom. The van der Waals surface area contributed by atoms with Crippen LogP contribution in [-0.4, -0.2) is 65.1 Å². The topological polar surface area (TPSA) is 86.0 Å². The van der Waals surface area contributed by atoms with Crippen molar-refractivity contribution in [2.24, 2.45) is 4.99 Å². The number of amides is 1. The van der Waals surface area contributed by atoms with E-state index in [1.54, 1.807) is 34.8 Å². The van der Waals surface area contributed by atoms with Gasteiger partial charge in [-0.2, -0.15) is 0 Å². The van der Waals surface area contributed by atoms with Crippen LogP contribution in [0.15, 0.2) is 36.1 Å². The van der Waals surface area contributed by atoms with Crippen LogP contribution in [0.25, 0.3) is 0 Å². The van der Waals surface area contributed by atoms with Crippen molar-refractivity contribution in [2.75, 3.05) is 31.8 Å². The third-order valence-corrected chi connectivity index (χ3v) is 5.25. The second kappa shape index (κ2) is 13.4. The molecule has 0 saturated carbocycles. The molecule has 25 heavy (non-hydrogen) atoms. The van der Waals surface area contributed by atoms with Gasteiger partial charge in [-0.25, -0.2) is 19.1 Å². The zero-order valence-corrected chi connectivity index (χ0v) is 15.7. The first-order valence-corrected chi connectivity index (χ1v) is 10.1. The molecule has 0 saturated heterocycles. The van der Waals surface area contributed by atoms with E-state index < -0.39 is 12.2 Å². The van der Waals surface area contributed by atoms with Gasteiger partial charge < -0.3 is 9.47 Å². The summed E-state index contributed by atoms with van der Waals surface area (Å²) in [6.07, 6.45) is 8.10. The number of hydrogen-bond donors (Lipinski definition) is 0. The van der Waals surface area contributed by atoms with Gasteiger partial charge in [0.05, 0.1) is 13.2 Å². The number of hydrogen-bond acceptors (Lipinski definition) is 8. The molecule has 1 aromatic rings. The van der Waals surface area contributed by atoms with E-state index in [9.17, 15) is 9.59 Å². The maximum Gasteiger partial charge on any atom is 0.419 e. The summed E-state index contributed by atoms with van der Waals surface area (Å²) in [6.45, 7) is 4.03. The molecule has 1 rings (SSSR count). The number of imidazole rings is 1. The number of nitrogens with zero attached hydrogens (tertiary/aromatic N) is 4. The van der Waals surface area contributed by atoms with Crippen LogP contribution in [0.3, 0.4) is 0 Å². The van der Waals surface area contributed by atoms with Crippen LogP contribution in [0.5, 0.6) is 0 Å². The molecular formula is C15H22N4O4S2. The van der Waals surface area contributed by atoms with Crippen LogP contribution in [0.1, 0.15) is 12.8 Å². The summed E-state index contributed by atoms with van der Waals surface area (Å²) in [5, 5.41) is 0. The molecule has 1 aromatic heterocycles. The van der Waals surface area contributed by atoms with Crippen molar-refractivity contribution < 1.29 is 19.1 Å². The summed E-state index contributed by atoms with van der Waals surface area (Å²) in [6, 6.07) is 0. The Kier molecular flexibility index (Phi) is 11.3. The third-order valence-electron chi connectivity index (χ3n) is 2.68. The summed E-state index contributed by atoms with van der Waals surface area (Å²) in [5.41, 5.74) is 0. The van der Waals surface area contributed by atoms with Crippen LogP contribution < -0.4 is 0 Å². The lowest BCUT2D eigenvalue weighted by Gasteiger charge is -2.11. The van der Waals surface area contributed by atoms with Gasteiger partial charge in [-0.1, -0.05) is 21.6 Å². The van der Waals surface area contributed by atoms with Crippen LogP contribution in [0.4, 0.5) is 9.59 Å². The van der Waals surface area contributed by atoms with Gasteiger partial charge in [0.1, 0.15) is 6.33 Å². The molecule has 138 valence electrons. The Morgan fingerprint density at radius 2 is 1.96 bits per heavy atom.